The van der Waals surface area contributed by atoms with Crippen molar-refractivity contribution in [3.8, 4) is 0 Å². The smallest absolute Gasteiger partial charge is 0.270 e. The quantitative estimate of drug-likeness (QED) is 0.319. The molecule has 2 aromatic carbocycles. The number of benzene rings is 2. The molecule has 0 spiro atoms. The van der Waals surface area contributed by atoms with Crippen LogP contribution in [0.2, 0.25) is 5.02 Å². The van der Waals surface area contributed by atoms with Crippen molar-refractivity contribution in [2.45, 2.75) is 13.5 Å². The molecule has 2 aromatic heterocycles. The minimum absolute atomic E-state index is 0.0580. The summed E-state index contributed by atoms with van der Waals surface area (Å²) in [6.07, 6.45) is 0. The Balaban J connectivity index is 1.79. The van der Waals surface area contributed by atoms with Crippen LogP contribution in [0.4, 0.5) is 5.13 Å². The molecule has 0 aliphatic carbocycles. The van der Waals surface area contributed by atoms with Gasteiger partial charge in [-0.15, -0.1) is 11.3 Å². The van der Waals surface area contributed by atoms with Crippen LogP contribution in [0.15, 0.2) is 58.4 Å². The van der Waals surface area contributed by atoms with E-state index in [-0.39, 0.29) is 5.91 Å². The van der Waals surface area contributed by atoms with Gasteiger partial charge in [0.2, 0.25) is 0 Å². The lowest BCUT2D eigenvalue weighted by molar-refractivity contribution is 0.0989. The van der Waals surface area contributed by atoms with E-state index < -0.39 is 0 Å². The number of amides is 1. The van der Waals surface area contributed by atoms with Gasteiger partial charge in [-0.1, -0.05) is 53.3 Å². The van der Waals surface area contributed by atoms with Gasteiger partial charge in [0.15, 0.2) is 5.13 Å². The normalized spacial score (nSPS) is 11.1. The van der Waals surface area contributed by atoms with E-state index in [0.29, 0.717) is 21.6 Å². The number of fused-ring (bicyclic) bond motifs is 1. The first-order valence-corrected chi connectivity index (χ1v) is 11.0. The number of rotatable bonds is 4. The molecule has 4 aromatic rings. The van der Waals surface area contributed by atoms with E-state index in [2.05, 4.69) is 15.9 Å². The van der Waals surface area contributed by atoms with E-state index in [1.54, 1.807) is 4.90 Å². The van der Waals surface area contributed by atoms with Crippen molar-refractivity contribution < 1.29 is 4.79 Å². The Morgan fingerprint density at radius 2 is 1.93 bits per heavy atom. The van der Waals surface area contributed by atoms with Gasteiger partial charge in [-0.3, -0.25) is 9.69 Å². The SMILES string of the molecule is Cc1cc(Cl)cc2sc(N(Cc3ccccc3)C(=O)c3ccc(Br)s3)nc12. The summed E-state index contributed by atoms with van der Waals surface area (Å²) in [4.78, 5) is 20.4. The number of hydrogen-bond donors (Lipinski definition) is 0. The molecule has 3 nitrogen and oxygen atoms in total. The van der Waals surface area contributed by atoms with Gasteiger partial charge in [-0.05, 0) is 58.2 Å². The first-order valence-electron chi connectivity index (χ1n) is 8.19. The highest BCUT2D eigenvalue weighted by atomic mass is 79.9. The van der Waals surface area contributed by atoms with Crippen molar-refractivity contribution >= 4 is 71.5 Å². The van der Waals surface area contributed by atoms with Crippen molar-refractivity contribution in [3.05, 3.63) is 79.4 Å². The summed E-state index contributed by atoms with van der Waals surface area (Å²) < 4.78 is 1.91. The lowest BCUT2D eigenvalue weighted by Gasteiger charge is -2.19. The molecule has 0 radical (unpaired) electrons. The number of nitrogens with zero attached hydrogens (tertiary/aromatic N) is 2. The lowest BCUT2D eigenvalue weighted by atomic mass is 10.2. The Bertz CT molecular complexity index is 1120. The molecule has 4 rings (SSSR count). The molecule has 2 heterocycles. The standard InChI is InChI=1S/C20H14BrClN2OS2/c1-12-9-14(22)10-16-18(12)23-20(27-16)24(11-13-5-3-2-4-6-13)19(25)15-7-8-17(21)26-15/h2-10H,11H2,1H3. The molecular formula is C20H14BrClN2OS2. The maximum Gasteiger partial charge on any atom is 0.270 e. The van der Waals surface area contributed by atoms with E-state index in [9.17, 15) is 4.79 Å². The van der Waals surface area contributed by atoms with Crippen molar-refractivity contribution in [1.82, 2.24) is 4.98 Å². The molecule has 0 unspecified atom stereocenters. The fourth-order valence-corrected chi connectivity index (χ4v) is 5.57. The number of anilines is 1. The summed E-state index contributed by atoms with van der Waals surface area (Å²) in [6.45, 7) is 2.44. The maximum atomic E-state index is 13.2. The summed E-state index contributed by atoms with van der Waals surface area (Å²) in [5.41, 5.74) is 2.94. The number of thiazole rings is 1. The van der Waals surface area contributed by atoms with Crippen LogP contribution >= 0.6 is 50.2 Å². The number of carbonyl (C=O) groups is 1. The molecule has 0 bridgehead atoms. The number of halogens is 2. The predicted octanol–water partition coefficient (Wildman–Crippen LogP) is 6.93. The Morgan fingerprint density at radius 3 is 2.63 bits per heavy atom. The Kier molecular flexibility index (Phi) is 5.32. The van der Waals surface area contributed by atoms with Crippen molar-refractivity contribution in [3.63, 3.8) is 0 Å². The Morgan fingerprint density at radius 1 is 1.15 bits per heavy atom. The van der Waals surface area contributed by atoms with Crippen LogP contribution in [0.5, 0.6) is 0 Å². The number of thiophene rings is 1. The van der Waals surface area contributed by atoms with Crippen LogP contribution in [0.25, 0.3) is 10.2 Å². The minimum atomic E-state index is -0.0580. The fraction of sp³-hybridized carbons (Fsp3) is 0.100. The minimum Gasteiger partial charge on any atom is -0.279 e. The number of carbonyl (C=O) groups excluding carboxylic acids is 1. The topological polar surface area (TPSA) is 33.2 Å². The van der Waals surface area contributed by atoms with Gasteiger partial charge in [0.1, 0.15) is 0 Å². The zero-order valence-corrected chi connectivity index (χ0v) is 18.3. The molecule has 136 valence electrons. The van der Waals surface area contributed by atoms with Gasteiger partial charge in [0, 0.05) is 5.02 Å². The highest BCUT2D eigenvalue weighted by Gasteiger charge is 2.23. The predicted molar refractivity (Wildman–Crippen MR) is 118 cm³/mol. The van der Waals surface area contributed by atoms with Gasteiger partial charge in [-0.25, -0.2) is 4.98 Å². The molecule has 0 fully saturated rings. The second-order valence-corrected chi connectivity index (χ2v) is 9.96. The highest BCUT2D eigenvalue weighted by molar-refractivity contribution is 9.11. The molecule has 7 heteroatoms. The molecular weight excluding hydrogens is 464 g/mol. The van der Waals surface area contributed by atoms with E-state index in [1.807, 2.05) is 61.5 Å². The van der Waals surface area contributed by atoms with E-state index in [1.165, 1.54) is 22.7 Å². The van der Waals surface area contributed by atoms with Crippen LogP contribution in [0.3, 0.4) is 0 Å². The summed E-state index contributed by atoms with van der Waals surface area (Å²) >= 11 is 12.5. The maximum absolute atomic E-state index is 13.2. The van der Waals surface area contributed by atoms with Crippen molar-refractivity contribution in [2.24, 2.45) is 0 Å². The number of hydrogen-bond acceptors (Lipinski definition) is 4. The molecule has 0 aliphatic rings. The first-order chi connectivity index (χ1) is 13.0. The number of aromatic nitrogens is 1. The summed E-state index contributed by atoms with van der Waals surface area (Å²) in [6, 6.07) is 17.5. The van der Waals surface area contributed by atoms with Crippen molar-refractivity contribution in [1.29, 1.82) is 0 Å². The van der Waals surface area contributed by atoms with E-state index in [0.717, 1.165) is 25.1 Å². The summed E-state index contributed by atoms with van der Waals surface area (Å²) in [7, 11) is 0. The average molecular weight is 478 g/mol. The third kappa shape index (κ3) is 3.94. The van der Waals surface area contributed by atoms with Gasteiger partial charge < -0.3 is 0 Å². The van der Waals surface area contributed by atoms with Gasteiger partial charge in [0.05, 0.1) is 25.4 Å². The zero-order valence-electron chi connectivity index (χ0n) is 14.3. The van der Waals surface area contributed by atoms with Crippen LogP contribution in [-0.2, 0) is 6.54 Å². The third-order valence-electron chi connectivity index (χ3n) is 4.08. The lowest BCUT2D eigenvalue weighted by Crippen LogP contribution is -2.29. The summed E-state index contributed by atoms with van der Waals surface area (Å²) in [5, 5.41) is 1.35. The molecule has 1 amide bonds. The molecule has 0 N–H and O–H groups in total. The van der Waals surface area contributed by atoms with Crippen LogP contribution < -0.4 is 4.90 Å². The highest BCUT2D eigenvalue weighted by Crippen LogP contribution is 2.35. The zero-order chi connectivity index (χ0) is 19.0. The van der Waals surface area contributed by atoms with E-state index in [4.69, 9.17) is 16.6 Å². The van der Waals surface area contributed by atoms with Crippen LogP contribution in [-0.4, -0.2) is 10.9 Å². The second kappa shape index (κ2) is 7.72. The fourth-order valence-electron chi connectivity index (χ4n) is 2.81. The molecule has 0 saturated carbocycles. The third-order valence-corrected chi connectivity index (χ3v) is 6.94. The molecule has 0 atom stereocenters. The second-order valence-electron chi connectivity index (χ2n) is 6.05. The van der Waals surface area contributed by atoms with Crippen molar-refractivity contribution in [2.75, 3.05) is 4.90 Å². The molecule has 0 aliphatic heterocycles. The Labute approximate surface area is 178 Å². The Hall–Kier alpha value is -1.73. The largest absolute Gasteiger partial charge is 0.279 e. The monoisotopic (exact) mass is 476 g/mol. The van der Waals surface area contributed by atoms with Gasteiger partial charge in [-0.2, -0.15) is 0 Å². The summed E-state index contributed by atoms with van der Waals surface area (Å²) in [5.74, 6) is -0.0580. The van der Waals surface area contributed by atoms with Gasteiger partial charge in [0.25, 0.3) is 5.91 Å². The van der Waals surface area contributed by atoms with E-state index >= 15 is 0 Å². The van der Waals surface area contributed by atoms with Gasteiger partial charge >= 0.3 is 0 Å². The average Bonchev–Trinajstić information content (AvgIpc) is 3.26. The molecule has 27 heavy (non-hydrogen) atoms. The van der Waals surface area contributed by atoms with Crippen LogP contribution in [0, 0.1) is 6.92 Å². The molecule has 0 saturated heterocycles. The first kappa shape index (κ1) is 18.6. The van der Waals surface area contributed by atoms with Crippen LogP contribution in [0.1, 0.15) is 20.8 Å². The number of aryl methyl sites for hydroxylation is 1.